The predicted octanol–water partition coefficient (Wildman–Crippen LogP) is 3.40. The fourth-order valence-corrected chi connectivity index (χ4v) is 2.48. The Balaban J connectivity index is 1.65. The summed E-state index contributed by atoms with van der Waals surface area (Å²) in [4.78, 5) is 16.2. The number of halogens is 2. The lowest BCUT2D eigenvalue weighted by Gasteiger charge is -2.11. The minimum absolute atomic E-state index is 0.000891. The number of carbonyl (C=O) groups excluding carboxylic acids is 1. The number of aromatic nitrogens is 1. The lowest BCUT2D eigenvalue weighted by Crippen LogP contribution is -2.17. The Morgan fingerprint density at radius 3 is 2.91 bits per heavy atom. The topological polar surface area (TPSA) is 60.5 Å². The van der Waals surface area contributed by atoms with Crippen molar-refractivity contribution >= 4 is 27.5 Å². The van der Waals surface area contributed by atoms with Crippen molar-refractivity contribution in [1.29, 1.82) is 0 Å². The van der Waals surface area contributed by atoms with Gasteiger partial charge in [-0.1, -0.05) is 15.9 Å². The van der Waals surface area contributed by atoms with Crippen LogP contribution >= 0.6 is 15.9 Å². The van der Waals surface area contributed by atoms with Crippen LogP contribution in [0.2, 0.25) is 0 Å². The van der Waals surface area contributed by atoms with E-state index in [2.05, 4.69) is 26.2 Å². The Morgan fingerprint density at radius 1 is 1.39 bits per heavy atom. The van der Waals surface area contributed by atoms with Crippen molar-refractivity contribution in [2.75, 3.05) is 18.5 Å². The fraction of sp³-hybridized carbons (Fsp3) is 0.250. The molecule has 0 radical (unpaired) electrons. The van der Waals surface area contributed by atoms with Crippen molar-refractivity contribution in [2.45, 2.75) is 12.5 Å². The standard InChI is InChI=1S/C16H14BrFN2O3/c17-11-2-3-14(13(18)7-11)20-16(21)10-1-4-15(19-8-10)23-12-5-6-22-9-12/h1-4,7-8,12H,5-6,9H2,(H,20,21). The Kier molecular flexibility index (Phi) is 4.88. The van der Waals surface area contributed by atoms with Crippen LogP contribution in [0.1, 0.15) is 16.8 Å². The van der Waals surface area contributed by atoms with E-state index in [0.717, 1.165) is 6.42 Å². The number of ether oxygens (including phenoxy) is 2. The number of anilines is 1. The van der Waals surface area contributed by atoms with Gasteiger partial charge in [0, 0.05) is 23.2 Å². The van der Waals surface area contributed by atoms with Crippen LogP contribution in [0.5, 0.6) is 5.88 Å². The Bertz CT molecular complexity index is 703. The predicted molar refractivity (Wildman–Crippen MR) is 86.1 cm³/mol. The molecule has 1 unspecified atom stereocenters. The van der Waals surface area contributed by atoms with Crippen molar-refractivity contribution in [3.05, 3.63) is 52.4 Å². The van der Waals surface area contributed by atoms with E-state index >= 15 is 0 Å². The zero-order valence-corrected chi connectivity index (χ0v) is 13.7. The average Bonchev–Trinajstić information content (AvgIpc) is 3.04. The summed E-state index contributed by atoms with van der Waals surface area (Å²) in [6.07, 6.45) is 2.23. The maximum absolute atomic E-state index is 13.7. The van der Waals surface area contributed by atoms with Gasteiger partial charge in [0.15, 0.2) is 0 Å². The molecule has 1 saturated heterocycles. The molecule has 1 N–H and O–H groups in total. The van der Waals surface area contributed by atoms with Crippen LogP contribution in [-0.4, -0.2) is 30.2 Å². The number of rotatable bonds is 4. The third kappa shape index (κ3) is 4.05. The number of nitrogens with zero attached hydrogens (tertiary/aromatic N) is 1. The molecule has 1 fully saturated rings. The molecule has 120 valence electrons. The average molecular weight is 381 g/mol. The van der Waals surface area contributed by atoms with Gasteiger partial charge in [-0.2, -0.15) is 0 Å². The molecule has 1 atom stereocenters. The van der Waals surface area contributed by atoms with E-state index in [1.54, 1.807) is 18.2 Å². The molecule has 0 bridgehead atoms. The highest BCUT2D eigenvalue weighted by atomic mass is 79.9. The van der Waals surface area contributed by atoms with Gasteiger partial charge in [-0.3, -0.25) is 4.79 Å². The quantitative estimate of drug-likeness (QED) is 0.882. The molecular formula is C16H14BrFN2O3. The minimum atomic E-state index is -0.512. The normalized spacial score (nSPS) is 17.0. The van der Waals surface area contributed by atoms with Gasteiger partial charge in [0.05, 0.1) is 24.5 Å². The molecule has 23 heavy (non-hydrogen) atoms. The fourth-order valence-electron chi connectivity index (χ4n) is 2.15. The highest BCUT2D eigenvalue weighted by Crippen LogP contribution is 2.20. The molecule has 5 nitrogen and oxygen atoms in total. The number of hydrogen-bond donors (Lipinski definition) is 1. The van der Waals surface area contributed by atoms with E-state index in [4.69, 9.17) is 9.47 Å². The summed E-state index contributed by atoms with van der Waals surface area (Å²) in [7, 11) is 0. The lowest BCUT2D eigenvalue weighted by atomic mass is 10.2. The lowest BCUT2D eigenvalue weighted by molar-refractivity contribution is 0.102. The Hall–Kier alpha value is -1.99. The summed E-state index contributed by atoms with van der Waals surface area (Å²) < 4.78 is 25.2. The Morgan fingerprint density at radius 2 is 2.26 bits per heavy atom. The number of amides is 1. The van der Waals surface area contributed by atoms with Crippen LogP contribution in [0.3, 0.4) is 0 Å². The largest absolute Gasteiger partial charge is 0.472 e. The van der Waals surface area contributed by atoms with Crippen molar-refractivity contribution in [1.82, 2.24) is 4.98 Å². The first kappa shape index (κ1) is 15.9. The van der Waals surface area contributed by atoms with E-state index in [-0.39, 0.29) is 11.8 Å². The number of pyridine rings is 1. The molecule has 0 spiro atoms. The molecular weight excluding hydrogens is 367 g/mol. The van der Waals surface area contributed by atoms with E-state index in [0.29, 0.717) is 29.1 Å². The van der Waals surface area contributed by atoms with E-state index in [1.165, 1.54) is 18.3 Å². The van der Waals surface area contributed by atoms with Gasteiger partial charge >= 0.3 is 0 Å². The summed E-state index contributed by atoms with van der Waals surface area (Å²) in [5.74, 6) is -0.511. The summed E-state index contributed by atoms with van der Waals surface area (Å²) in [5.41, 5.74) is 0.434. The number of carbonyl (C=O) groups is 1. The van der Waals surface area contributed by atoms with Crippen LogP contribution in [0.4, 0.5) is 10.1 Å². The minimum Gasteiger partial charge on any atom is -0.472 e. The summed E-state index contributed by atoms with van der Waals surface area (Å²) >= 11 is 3.17. The Labute approximate surface area is 140 Å². The summed E-state index contributed by atoms with van der Waals surface area (Å²) in [5, 5.41) is 2.51. The van der Waals surface area contributed by atoms with Crippen LogP contribution in [0, 0.1) is 5.82 Å². The SMILES string of the molecule is O=C(Nc1ccc(Br)cc1F)c1ccc(OC2CCOC2)nc1. The number of benzene rings is 1. The highest BCUT2D eigenvalue weighted by Gasteiger charge is 2.18. The van der Waals surface area contributed by atoms with Gasteiger partial charge in [0.2, 0.25) is 5.88 Å². The first-order valence-electron chi connectivity index (χ1n) is 7.08. The van der Waals surface area contributed by atoms with Gasteiger partial charge in [0.1, 0.15) is 11.9 Å². The molecule has 1 aromatic heterocycles. The molecule has 1 aromatic carbocycles. The van der Waals surface area contributed by atoms with Crippen molar-refractivity contribution in [3.63, 3.8) is 0 Å². The molecule has 2 aromatic rings. The van der Waals surface area contributed by atoms with Crippen LogP contribution < -0.4 is 10.1 Å². The highest BCUT2D eigenvalue weighted by molar-refractivity contribution is 9.10. The van der Waals surface area contributed by atoms with Crippen molar-refractivity contribution in [2.24, 2.45) is 0 Å². The van der Waals surface area contributed by atoms with Gasteiger partial charge < -0.3 is 14.8 Å². The van der Waals surface area contributed by atoms with Gasteiger partial charge in [0.25, 0.3) is 5.91 Å². The van der Waals surface area contributed by atoms with E-state index < -0.39 is 11.7 Å². The van der Waals surface area contributed by atoms with Crippen LogP contribution in [0.15, 0.2) is 41.0 Å². The van der Waals surface area contributed by atoms with Crippen LogP contribution in [0.25, 0.3) is 0 Å². The molecule has 1 aliphatic heterocycles. The molecule has 0 saturated carbocycles. The molecule has 0 aliphatic carbocycles. The zero-order valence-electron chi connectivity index (χ0n) is 12.1. The third-order valence-corrected chi connectivity index (χ3v) is 3.85. The first-order chi connectivity index (χ1) is 11.1. The molecule has 7 heteroatoms. The second kappa shape index (κ2) is 7.06. The third-order valence-electron chi connectivity index (χ3n) is 3.35. The molecule has 2 heterocycles. The van der Waals surface area contributed by atoms with Gasteiger partial charge in [-0.25, -0.2) is 9.37 Å². The second-order valence-corrected chi connectivity index (χ2v) is 5.98. The van der Waals surface area contributed by atoms with E-state index in [9.17, 15) is 9.18 Å². The van der Waals surface area contributed by atoms with Crippen LogP contribution in [-0.2, 0) is 4.74 Å². The van der Waals surface area contributed by atoms with Crippen molar-refractivity contribution < 1.29 is 18.7 Å². The van der Waals surface area contributed by atoms with E-state index in [1.807, 2.05) is 0 Å². The van der Waals surface area contributed by atoms with Crippen molar-refractivity contribution in [3.8, 4) is 5.88 Å². The monoisotopic (exact) mass is 380 g/mol. The maximum Gasteiger partial charge on any atom is 0.257 e. The zero-order chi connectivity index (χ0) is 16.2. The number of hydrogen-bond acceptors (Lipinski definition) is 4. The second-order valence-electron chi connectivity index (χ2n) is 5.07. The van der Waals surface area contributed by atoms with Gasteiger partial charge in [-0.15, -0.1) is 0 Å². The summed E-state index contributed by atoms with van der Waals surface area (Å²) in [6.45, 7) is 1.23. The first-order valence-corrected chi connectivity index (χ1v) is 7.88. The molecule has 1 amide bonds. The smallest absolute Gasteiger partial charge is 0.257 e. The summed E-state index contributed by atoms with van der Waals surface area (Å²) in [6, 6.07) is 7.63. The molecule has 3 rings (SSSR count). The molecule has 1 aliphatic rings. The van der Waals surface area contributed by atoms with Gasteiger partial charge in [-0.05, 0) is 24.3 Å². The maximum atomic E-state index is 13.7. The number of nitrogens with one attached hydrogen (secondary N) is 1.